The molecule has 0 aliphatic carbocycles. The van der Waals surface area contributed by atoms with Crippen molar-refractivity contribution < 1.29 is 9.00 Å². The van der Waals surface area contributed by atoms with Crippen LogP contribution in [-0.2, 0) is 16.6 Å². The van der Waals surface area contributed by atoms with E-state index in [-0.39, 0.29) is 11.7 Å². The number of carbonyl (C=O) groups excluding carboxylic acids is 1. The van der Waals surface area contributed by atoms with Gasteiger partial charge in [-0.05, 0) is 17.7 Å². The van der Waals surface area contributed by atoms with Gasteiger partial charge in [-0.1, -0.05) is 30.3 Å². The largest absolute Gasteiger partial charge is 0.345 e. The summed E-state index contributed by atoms with van der Waals surface area (Å²) in [4.78, 5) is 13.3. The molecule has 0 fully saturated rings. The minimum absolute atomic E-state index is 0.0654. The average molecular weight is 286 g/mol. The molecule has 1 atom stereocenters. The monoisotopic (exact) mass is 285 g/mol. The summed E-state index contributed by atoms with van der Waals surface area (Å²) >= 11 is 5.61. The smallest absolute Gasteiger partial charge is 0.253 e. The summed E-state index contributed by atoms with van der Waals surface area (Å²) in [6.45, 7) is 3.52. The summed E-state index contributed by atoms with van der Waals surface area (Å²) in [6.07, 6.45) is 0. The van der Waals surface area contributed by atoms with E-state index in [1.807, 2.05) is 6.07 Å². The van der Waals surface area contributed by atoms with E-state index in [0.29, 0.717) is 16.3 Å². The molecule has 1 unspecified atom stereocenters. The van der Waals surface area contributed by atoms with Crippen molar-refractivity contribution in [3.05, 3.63) is 47.0 Å². The summed E-state index contributed by atoms with van der Waals surface area (Å²) < 4.78 is 11.7. The Kier molecular flexibility index (Phi) is 5.56. The maximum absolute atomic E-state index is 11.8. The quantitative estimate of drug-likeness (QED) is 0.833. The summed E-state index contributed by atoms with van der Waals surface area (Å²) in [7, 11) is 2.31. The Morgan fingerprint density at radius 2 is 2.11 bits per heavy atom. The lowest BCUT2D eigenvalue weighted by Gasteiger charge is -2.11. The third-order valence-electron chi connectivity index (χ3n) is 2.23. The van der Waals surface area contributed by atoms with Crippen molar-refractivity contribution in [3.8, 4) is 0 Å². The van der Waals surface area contributed by atoms with Gasteiger partial charge >= 0.3 is 0 Å². The fraction of sp³-hybridized carbons (Fsp3) is 0.308. The van der Waals surface area contributed by atoms with Crippen LogP contribution in [0.15, 0.2) is 35.9 Å². The maximum atomic E-state index is 11.8. The first-order valence-electron chi connectivity index (χ1n) is 5.39. The van der Waals surface area contributed by atoms with Crippen molar-refractivity contribution in [2.45, 2.75) is 5.75 Å². The lowest BCUT2D eigenvalue weighted by Crippen LogP contribution is -2.21. The van der Waals surface area contributed by atoms with Gasteiger partial charge in [0.2, 0.25) is 0 Å². The van der Waals surface area contributed by atoms with E-state index >= 15 is 0 Å². The molecular formula is C13H16ClNO2S. The summed E-state index contributed by atoms with van der Waals surface area (Å²) in [5, 5.41) is 0.383. The minimum Gasteiger partial charge on any atom is -0.345 e. The molecular weight excluding hydrogens is 270 g/mol. The van der Waals surface area contributed by atoms with E-state index in [9.17, 15) is 9.00 Å². The maximum Gasteiger partial charge on any atom is 0.253 e. The first-order chi connectivity index (χ1) is 8.40. The molecule has 1 aromatic rings. The van der Waals surface area contributed by atoms with E-state index in [1.165, 1.54) is 4.90 Å². The Hall–Kier alpha value is -1.13. The summed E-state index contributed by atoms with van der Waals surface area (Å²) in [5.41, 5.74) is 1.46. The van der Waals surface area contributed by atoms with Crippen LogP contribution in [-0.4, -0.2) is 34.9 Å². The highest BCUT2D eigenvalue weighted by molar-refractivity contribution is 7.84. The molecule has 0 saturated carbocycles. The molecule has 0 spiro atoms. The SMILES string of the molecule is C=C(Cl)CS(=O)Cc1cccc(C(=O)N(C)C)c1. The Bertz CT molecular complexity index is 486. The molecule has 98 valence electrons. The van der Waals surface area contributed by atoms with Crippen LogP contribution in [0, 0.1) is 0 Å². The molecule has 3 nitrogen and oxygen atoms in total. The number of hydrogen-bond acceptors (Lipinski definition) is 2. The van der Waals surface area contributed by atoms with Crippen molar-refractivity contribution in [2.75, 3.05) is 19.8 Å². The van der Waals surface area contributed by atoms with Gasteiger partial charge in [0, 0.05) is 41.2 Å². The van der Waals surface area contributed by atoms with Gasteiger partial charge < -0.3 is 4.90 Å². The first kappa shape index (κ1) is 14.9. The van der Waals surface area contributed by atoms with Crippen LogP contribution in [0.2, 0.25) is 0 Å². The van der Waals surface area contributed by atoms with Crippen molar-refractivity contribution in [1.29, 1.82) is 0 Å². The van der Waals surface area contributed by atoms with Gasteiger partial charge in [0.15, 0.2) is 0 Å². The summed E-state index contributed by atoms with van der Waals surface area (Å²) in [5.74, 6) is 0.581. The third kappa shape index (κ3) is 4.63. The van der Waals surface area contributed by atoms with Crippen LogP contribution in [0.25, 0.3) is 0 Å². The second-order valence-electron chi connectivity index (χ2n) is 4.15. The van der Waals surface area contributed by atoms with Crippen molar-refractivity contribution in [3.63, 3.8) is 0 Å². The highest BCUT2D eigenvalue weighted by atomic mass is 35.5. The Balaban J connectivity index is 2.80. The minimum atomic E-state index is -1.09. The molecule has 0 saturated heterocycles. The predicted molar refractivity (Wildman–Crippen MR) is 76.2 cm³/mol. The molecule has 18 heavy (non-hydrogen) atoms. The van der Waals surface area contributed by atoms with Crippen LogP contribution < -0.4 is 0 Å². The fourth-order valence-corrected chi connectivity index (χ4v) is 2.83. The number of halogens is 1. The Morgan fingerprint density at radius 1 is 1.44 bits per heavy atom. The summed E-state index contributed by atoms with van der Waals surface area (Å²) in [6, 6.07) is 7.15. The topological polar surface area (TPSA) is 37.4 Å². The van der Waals surface area contributed by atoms with Gasteiger partial charge in [-0.25, -0.2) is 0 Å². The molecule has 1 rings (SSSR count). The van der Waals surface area contributed by atoms with Gasteiger partial charge in [-0.3, -0.25) is 9.00 Å². The molecule has 0 bridgehead atoms. The highest BCUT2D eigenvalue weighted by Gasteiger charge is 2.09. The third-order valence-corrected chi connectivity index (χ3v) is 3.84. The fourth-order valence-electron chi connectivity index (χ4n) is 1.46. The Labute approximate surface area is 115 Å². The van der Waals surface area contributed by atoms with Crippen molar-refractivity contribution in [1.82, 2.24) is 4.90 Å². The van der Waals surface area contributed by atoms with Gasteiger partial charge in [0.1, 0.15) is 0 Å². The second-order valence-corrected chi connectivity index (χ2v) is 6.14. The molecule has 0 radical (unpaired) electrons. The van der Waals surface area contributed by atoms with Crippen LogP contribution in [0.5, 0.6) is 0 Å². The molecule has 0 aromatic heterocycles. The van der Waals surface area contributed by atoms with Crippen molar-refractivity contribution in [2.24, 2.45) is 0 Å². The number of rotatable bonds is 5. The van der Waals surface area contributed by atoms with E-state index in [2.05, 4.69) is 6.58 Å². The zero-order valence-electron chi connectivity index (χ0n) is 10.5. The average Bonchev–Trinajstić information content (AvgIpc) is 2.26. The molecule has 5 heteroatoms. The van der Waals surface area contributed by atoms with E-state index in [0.717, 1.165) is 5.56 Å². The normalized spacial score (nSPS) is 11.9. The zero-order chi connectivity index (χ0) is 13.7. The molecule has 0 N–H and O–H groups in total. The number of carbonyl (C=O) groups is 1. The van der Waals surface area contributed by atoms with Gasteiger partial charge in [-0.2, -0.15) is 0 Å². The van der Waals surface area contributed by atoms with Crippen LogP contribution in [0.3, 0.4) is 0 Å². The zero-order valence-corrected chi connectivity index (χ0v) is 12.1. The standard InChI is InChI=1S/C13H16ClNO2S/c1-10(14)8-18(17)9-11-5-4-6-12(7-11)13(16)15(2)3/h4-7H,1,8-9H2,2-3H3. The predicted octanol–water partition coefficient (Wildman–Crippen LogP) is 2.39. The van der Waals surface area contributed by atoms with E-state index in [4.69, 9.17) is 11.6 Å². The highest BCUT2D eigenvalue weighted by Crippen LogP contribution is 2.11. The molecule has 0 aliphatic heterocycles. The molecule has 0 heterocycles. The molecule has 1 amide bonds. The van der Waals surface area contributed by atoms with Crippen molar-refractivity contribution >= 4 is 28.3 Å². The van der Waals surface area contributed by atoms with Gasteiger partial charge in [0.05, 0.1) is 5.75 Å². The number of amides is 1. The van der Waals surface area contributed by atoms with E-state index < -0.39 is 10.8 Å². The van der Waals surface area contributed by atoms with Gasteiger partial charge in [0.25, 0.3) is 5.91 Å². The lowest BCUT2D eigenvalue weighted by molar-refractivity contribution is 0.0827. The van der Waals surface area contributed by atoms with Crippen LogP contribution in [0.4, 0.5) is 0 Å². The number of benzene rings is 1. The first-order valence-corrected chi connectivity index (χ1v) is 7.25. The number of nitrogens with zero attached hydrogens (tertiary/aromatic N) is 1. The van der Waals surface area contributed by atoms with E-state index in [1.54, 1.807) is 32.3 Å². The molecule has 1 aromatic carbocycles. The number of hydrogen-bond donors (Lipinski definition) is 0. The molecule has 0 aliphatic rings. The Morgan fingerprint density at radius 3 is 2.67 bits per heavy atom. The van der Waals surface area contributed by atoms with Crippen LogP contribution in [0.1, 0.15) is 15.9 Å². The van der Waals surface area contributed by atoms with Gasteiger partial charge in [-0.15, -0.1) is 0 Å². The second kappa shape index (κ2) is 6.71. The lowest BCUT2D eigenvalue weighted by atomic mass is 10.1. The van der Waals surface area contributed by atoms with Crippen LogP contribution >= 0.6 is 11.6 Å².